The number of nitrogens with zero attached hydrogens (tertiary/aromatic N) is 1. The van der Waals surface area contributed by atoms with Gasteiger partial charge in [0.15, 0.2) is 0 Å². The van der Waals surface area contributed by atoms with Gasteiger partial charge in [0.1, 0.15) is 5.75 Å². The Morgan fingerprint density at radius 1 is 1.24 bits per heavy atom. The molecule has 1 aromatic carbocycles. The van der Waals surface area contributed by atoms with E-state index in [0.29, 0.717) is 30.3 Å². The monoisotopic (exact) mass is 314 g/mol. The molecule has 0 heterocycles. The van der Waals surface area contributed by atoms with E-state index in [1.165, 1.54) is 4.31 Å². The van der Waals surface area contributed by atoms with Gasteiger partial charge in [-0.2, -0.15) is 4.31 Å². The number of ether oxygens (including phenoxy) is 1. The average Bonchev–Trinajstić information content (AvgIpc) is 2.48. The summed E-state index contributed by atoms with van der Waals surface area (Å²) in [5.74, 6) is 0.661. The maximum absolute atomic E-state index is 12.6. The van der Waals surface area contributed by atoms with E-state index in [1.54, 1.807) is 24.3 Å². The fourth-order valence-corrected chi connectivity index (χ4v) is 3.75. The Kier molecular flexibility index (Phi) is 7.14. The standard InChI is InChI=1S/C15H26N2O3S/c1-4-13(3)17(5-2)21(18,19)15-9-7-14(8-10-15)20-12-6-11-16/h7-10,13H,4-6,11-12,16H2,1-3H3. The van der Waals surface area contributed by atoms with E-state index < -0.39 is 10.0 Å². The molecule has 0 radical (unpaired) electrons. The average molecular weight is 314 g/mol. The van der Waals surface area contributed by atoms with Crippen LogP contribution < -0.4 is 10.5 Å². The van der Waals surface area contributed by atoms with Gasteiger partial charge >= 0.3 is 0 Å². The molecule has 0 aromatic heterocycles. The van der Waals surface area contributed by atoms with Crippen molar-refractivity contribution in [2.45, 2.75) is 44.6 Å². The zero-order chi connectivity index (χ0) is 15.9. The molecule has 0 saturated heterocycles. The van der Waals surface area contributed by atoms with Gasteiger partial charge < -0.3 is 10.5 Å². The summed E-state index contributed by atoms with van der Waals surface area (Å²) < 4.78 is 32.2. The van der Waals surface area contributed by atoms with Crippen molar-refractivity contribution < 1.29 is 13.2 Å². The second-order valence-corrected chi connectivity index (χ2v) is 6.82. The SMILES string of the molecule is CCC(C)N(CC)S(=O)(=O)c1ccc(OCCCN)cc1. The van der Waals surface area contributed by atoms with Crippen LogP contribution in [0.3, 0.4) is 0 Å². The molecule has 0 aliphatic rings. The number of rotatable bonds is 9. The second-order valence-electron chi connectivity index (χ2n) is 4.93. The number of hydrogen-bond acceptors (Lipinski definition) is 4. The first-order chi connectivity index (χ1) is 9.97. The Morgan fingerprint density at radius 3 is 2.33 bits per heavy atom. The van der Waals surface area contributed by atoms with Gasteiger partial charge in [-0.3, -0.25) is 0 Å². The van der Waals surface area contributed by atoms with Crippen LogP contribution in [0.15, 0.2) is 29.2 Å². The Hall–Kier alpha value is -1.11. The van der Waals surface area contributed by atoms with E-state index >= 15 is 0 Å². The summed E-state index contributed by atoms with van der Waals surface area (Å²) in [5, 5.41) is 0. The summed E-state index contributed by atoms with van der Waals surface area (Å²) in [4.78, 5) is 0.302. The lowest BCUT2D eigenvalue weighted by Gasteiger charge is -2.26. The Bertz CT molecular complexity index is 514. The zero-order valence-electron chi connectivity index (χ0n) is 13.1. The number of sulfonamides is 1. The minimum atomic E-state index is -3.45. The van der Waals surface area contributed by atoms with E-state index in [-0.39, 0.29) is 6.04 Å². The Balaban J connectivity index is 2.88. The fraction of sp³-hybridized carbons (Fsp3) is 0.600. The molecule has 6 heteroatoms. The van der Waals surface area contributed by atoms with E-state index in [4.69, 9.17) is 10.5 Å². The van der Waals surface area contributed by atoms with Crippen molar-refractivity contribution in [3.05, 3.63) is 24.3 Å². The van der Waals surface area contributed by atoms with Crippen LogP contribution in [0.5, 0.6) is 5.75 Å². The van der Waals surface area contributed by atoms with E-state index in [1.807, 2.05) is 20.8 Å². The van der Waals surface area contributed by atoms with Crippen LogP contribution in [-0.2, 0) is 10.0 Å². The van der Waals surface area contributed by atoms with E-state index in [0.717, 1.165) is 12.8 Å². The van der Waals surface area contributed by atoms with Crippen molar-refractivity contribution in [1.29, 1.82) is 0 Å². The topological polar surface area (TPSA) is 72.6 Å². The Labute approximate surface area is 128 Å². The normalized spacial score (nSPS) is 13.4. The molecular formula is C15H26N2O3S. The quantitative estimate of drug-likeness (QED) is 0.709. The highest BCUT2D eigenvalue weighted by atomic mass is 32.2. The Morgan fingerprint density at radius 2 is 1.86 bits per heavy atom. The van der Waals surface area contributed by atoms with Crippen molar-refractivity contribution in [3.8, 4) is 5.75 Å². The molecule has 1 unspecified atom stereocenters. The molecule has 0 saturated carbocycles. The predicted molar refractivity (Wildman–Crippen MR) is 84.9 cm³/mol. The molecule has 0 amide bonds. The predicted octanol–water partition coefficient (Wildman–Crippen LogP) is 2.22. The summed E-state index contributed by atoms with van der Waals surface area (Å²) in [5.41, 5.74) is 5.40. The minimum Gasteiger partial charge on any atom is -0.494 e. The number of hydrogen-bond donors (Lipinski definition) is 1. The highest BCUT2D eigenvalue weighted by molar-refractivity contribution is 7.89. The van der Waals surface area contributed by atoms with Gasteiger partial charge in [0, 0.05) is 12.6 Å². The molecule has 120 valence electrons. The molecule has 0 spiro atoms. The van der Waals surface area contributed by atoms with Crippen LogP contribution in [0.2, 0.25) is 0 Å². The lowest BCUT2D eigenvalue weighted by atomic mass is 10.3. The van der Waals surface area contributed by atoms with Gasteiger partial charge in [0.25, 0.3) is 0 Å². The van der Waals surface area contributed by atoms with Crippen LogP contribution in [0, 0.1) is 0 Å². The molecule has 1 rings (SSSR count). The van der Waals surface area contributed by atoms with Crippen LogP contribution in [-0.4, -0.2) is 38.5 Å². The smallest absolute Gasteiger partial charge is 0.243 e. The molecule has 1 aromatic rings. The first-order valence-corrected chi connectivity index (χ1v) is 8.86. The molecule has 5 nitrogen and oxygen atoms in total. The molecule has 0 aliphatic heterocycles. The van der Waals surface area contributed by atoms with E-state index in [9.17, 15) is 8.42 Å². The van der Waals surface area contributed by atoms with Crippen LogP contribution in [0.25, 0.3) is 0 Å². The van der Waals surface area contributed by atoms with Gasteiger partial charge in [-0.05, 0) is 50.6 Å². The van der Waals surface area contributed by atoms with Crippen LogP contribution in [0.4, 0.5) is 0 Å². The third-order valence-electron chi connectivity index (χ3n) is 3.44. The molecule has 0 aliphatic carbocycles. The van der Waals surface area contributed by atoms with Crippen molar-refractivity contribution in [2.75, 3.05) is 19.7 Å². The summed E-state index contributed by atoms with van der Waals surface area (Å²) in [7, 11) is -3.45. The largest absolute Gasteiger partial charge is 0.494 e. The summed E-state index contributed by atoms with van der Waals surface area (Å²) in [6, 6.07) is 6.55. The third kappa shape index (κ3) is 4.69. The molecule has 1 atom stereocenters. The molecule has 21 heavy (non-hydrogen) atoms. The summed E-state index contributed by atoms with van der Waals surface area (Å²) in [6.07, 6.45) is 1.56. The van der Waals surface area contributed by atoms with Gasteiger partial charge in [0.05, 0.1) is 11.5 Å². The van der Waals surface area contributed by atoms with Gasteiger partial charge in [-0.15, -0.1) is 0 Å². The lowest BCUT2D eigenvalue weighted by molar-refractivity contribution is 0.313. The molecule has 0 fully saturated rings. The van der Waals surface area contributed by atoms with E-state index in [2.05, 4.69) is 0 Å². The van der Waals surface area contributed by atoms with Crippen molar-refractivity contribution in [2.24, 2.45) is 5.73 Å². The first kappa shape index (κ1) is 17.9. The maximum atomic E-state index is 12.6. The zero-order valence-corrected chi connectivity index (χ0v) is 13.9. The van der Waals surface area contributed by atoms with Gasteiger partial charge in [-0.1, -0.05) is 13.8 Å². The lowest BCUT2D eigenvalue weighted by Crippen LogP contribution is -2.38. The number of benzene rings is 1. The summed E-state index contributed by atoms with van der Waals surface area (Å²) in [6.45, 7) is 7.34. The van der Waals surface area contributed by atoms with Gasteiger partial charge in [-0.25, -0.2) is 8.42 Å². The number of nitrogens with two attached hydrogens (primary N) is 1. The van der Waals surface area contributed by atoms with Crippen molar-refractivity contribution in [1.82, 2.24) is 4.31 Å². The highest BCUT2D eigenvalue weighted by Gasteiger charge is 2.26. The second kappa shape index (κ2) is 8.36. The third-order valence-corrected chi connectivity index (χ3v) is 5.55. The fourth-order valence-electron chi connectivity index (χ4n) is 2.04. The van der Waals surface area contributed by atoms with Crippen molar-refractivity contribution >= 4 is 10.0 Å². The molecule has 0 bridgehead atoms. The van der Waals surface area contributed by atoms with Gasteiger partial charge in [0.2, 0.25) is 10.0 Å². The summed E-state index contributed by atoms with van der Waals surface area (Å²) >= 11 is 0. The van der Waals surface area contributed by atoms with Crippen LogP contribution in [0.1, 0.15) is 33.6 Å². The first-order valence-electron chi connectivity index (χ1n) is 7.42. The molecular weight excluding hydrogens is 288 g/mol. The highest BCUT2D eigenvalue weighted by Crippen LogP contribution is 2.22. The molecule has 2 N–H and O–H groups in total. The van der Waals surface area contributed by atoms with Crippen molar-refractivity contribution in [3.63, 3.8) is 0 Å². The maximum Gasteiger partial charge on any atom is 0.243 e. The minimum absolute atomic E-state index is 0.0134. The van der Waals surface area contributed by atoms with Crippen LogP contribution >= 0.6 is 0 Å².